The number of nitrogens with one attached hydrogen (secondary N) is 1. The summed E-state index contributed by atoms with van der Waals surface area (Å²) < 4.78 is 11.5. The number of fused-ring (bicyclic) bond motifs is 1. The van der Waals surface area contributed by atoms with Gasteiger partial charge in [0.2, 0.25) is 5.89 Å². The lowest BCUT2D eigenvalue weighted by Crippen LogP contribution is -2.38. The van der Waals surface area contributed by atoms with Gasteiger partial charge >= 0.3 is 0 Å². The van der Waals surface area contributed by atoms with Crippen LogP contribution in [0.3, 0.4) is 0 Å². The highest BCUT2D eigenvalue weighted by molar-refractivity contribution is 5.72. The van der Waals surface area contributed by atoms with Crippen molar-refractivity contribution in [3.63, 3.8) is 0 Å². The van der Waals surface area contributed by atoms with E-state index in [9.17, 15) is 0 Å². The summed E-state index contributed by atoms with van der Waals surface area (Å²) >= 11 is 0. The van der Waals surface area contributed by atoms with Crippen molar-refractivity contribution in [1.29, 1.82) is 0 Å². The van der Waals surface area contributed by atoms with Gasteiger partial charge in [0.15, 0.2) is 5.58 Å². The van der Waals surface area contributed by atoms with Crippen LogP contribution in [0.1, 0.15) is 38.6 Å². The zero-order chi connectivity index (χ0) is 13.2. The minimum absolute atomic E-state index is 0.0894. The Morgan fingerprint density at radius 3 is 2.89 bits per heavy atom. The lowest BCUT2D eigenvalue weighted by molar-refractivity contribution is 0.0792. The maximum atomic E-state index is 5.78. The summed E-state index contributed by atoms with van der Waals surface area (Å²) in [6, 6.07) is 8.26. The molecule has 2 heterocycles. The van der Waals surface area contributed by atoms with E-state index >= 15 is 0 Å². The summed E-state index contributed by atoms with van der Waals surface area (Å²) in [5, 5.41) is 3.52. The lowest BCUT2D eigenvalue weighted by atomic mass is 10.1. The summed E-state index contributed by atoms with van der Waals surface area (Å²) in [4.78, 5) is 4.52. The molecule has 0 unspecified atom stereocenters. The Bertz CT molecular complexity index is 513. The first-order valence-electron chi connectivity index (χ1n) is 6.97. The monoisotopic (exact) mass is 260 g/mol. The second kappa shape index (κ2) is 5.31. The minimum atomic E-state index is 0.0894. The molecule has 4 heteroatoms. The molecule has 1 aromatic heterocycles. The van der Waals surface area contributed by atoms with Crippen molar-refractivity contribution in [3.8, 4) is 0 Å². The van der Waals surface area contributed by atoms with E-state index in [-0.39, 0.29) is 6.04 Å². The third-order valence-corrected chi connectivity index (χ3v) is 3.72. The van der Waals surface area contributed by atoms with E-state index in [0.717, 1.165) is 36.4 Å². The van der Waals surface area contributed by atoms with Gasteiger partial charge in [0.1, 0.15) is 5.52 Å². The van der Waals surface area contributed by atoms with Gasteiger partial charge < -0.3 is 14.5 Å². The zero-order valence-corrected chi connectivity index (χ0v) is 11.4. The average Bonchev–Trinajstić information content (AvgIpc) is 3.07. The number of aromatic nitrogens is 1. The van der Waals surface area contributed by atoms with Crippen molar-refractivity contribution in [2.24, 2.45) is 0 Å². The van der Waals surface area contributed by atoms with E-state index in [4.69, 9.17) is 9.15 Å². The Kier molecular flexibility index (Phi) is 3.53. The molecule has 1 aromatic carbocycles. The molecule has 3 rings (SSSR count). The standard InChI is InChI=1S/C15H20N2O2/c1-10(13-8-5-9-18-13)16-11(2)15-17-12-6-3-4-7-14(12)19-15/h3-4,6-7,10-11,13,16H,5,8-9H2,1-2H3/t10-,11+,13+/m1/s1. The molecule has 19 heavy (non-hydrogen) atoms. The maximum Gasteiger partial charge on any atom is 0.212 e. The predicted octanol–water partition coefficient (Wildman–Crippen LogP) is 3.05. The fourth-order valence-electron chi connectivity index (χ4n) is 2.65. The molecule has 0 saturated carbocycles. The van der Waals surface area contributed by atoms with Crippen LogP contribution in [0.5, 0.6) is 0 Å². The van der Waals surface area contributed by atoms with Crippen molar-refractivity contribution in [2.45, 2.75) is 44.9 Å². The predicted molar refractivity (Wildman–Crippen MR) is 74.0 cm³/mol. The normalized spacial score (nSPS) is 22.7. The zero-order valence-electron chi connectivity index (χ0n) is 11.4. The van der Waals surface area contributed by atoms with Crippen LogP contribution in [0.15, 0.2) is 28.7 Å². The van der Waals surface area contributed by atoms with Gasteiger partial charge in [-0.2, -0.15) is 0 Å². The van der Waals surface area contributed by atoms with Crippen LogP contribution in [0.4, 0.5) is 0 Å². The van der Waals surface area contributed by atoms with Gasteiger partial charge in [-0.15, -0.1) is 0 Å². The third kappa shape index (κ3) is 2.65. The van der Waals surface area contributed by atoms with E-state index in [2.05, 4.69) is 24.1 Å². The Balaban J connectivity index is 1.70. The van der Waals surface area contributed by atoms with Crippen LogP contribution in [-0.2, 0) is 4.74 Å². The van der Waals surface area contributed by atoms with Gasteiger partial charge in [-0.25, -0.2) is 4.98 Å². The number of rotatable bonds is 4. The first kappa shape index (κ1) is 12.6. The van der Waals surface area contributed by atoms with Gasteiger partial charge in [0, 0.05) is 12.6 Å². The first-order chi connectivity index (χ1) is 9.24. The molecule has 1 fully saturated rings. The lowest BCUT2D eigenvalue weighted by Gasteiger charge is -2.22. The Labute approximate surface area is 113 Å². The van der Waals surface area contributed by atoms with E-state index < -0.39 is 0 Å². The van der Waals surface area contributed by atoms with Crippen LogP contribution in [0, 0.1) is 0 Å². The highest BCUT2D eigenvalue weighted by atomic mass is 16.5. The van der Waals surface area contributed by atoms with Crippen LogP contribution in [0.25, 0.3) is 11.1 Å². The van der Waals surface area contributed by atoms with Crippen molar-refractivity contribution < 1.29 is 9.15 Å². The van der Waals surface area contributed by atoms with E-state index in [1.54, 1.807) is 0 Å². The number of hydrogen-bond donors (Lipinski definition) is 1. The van der Waals surface area contributed by atoms with Crippen LogP contribution < -0.4 is 5.32 Å². The minimum Gasteiger partial charge on any atom is -0.439 e. The summed E-state index contributed by atoms with van der Waals surface area (Å²) in [7, 11) is 0. The van der Waals surface area contributed by atoms with Crippen molar-refractivity contribution in [3.05, 3.63) is 30.2 Å². The Morgan fingerprint density at radius 2 is 2.16 bits per heavy atom. The van der Waals surface area contributed by atoms with Gasteiger partial charge in [0.25, 0.3) is 0 Å². The van der Waals surface area contributed by atoms with E-state index in [0.29, 0.717) is 12.1 Å². The van der Waals surface area contributed by atoms with Crippen molar-refractivity contribution in [1.82, 2.24) is 10.3 Å². The number of ether oxygens (including phenoxy) is 1. The third-order valence-electron chi connectivity index (χ3n) is 3.72. The second-order valence-corrected chi connectivity index (χ2v) is 5.25. The molecular weight excluding hydrogens is 240 g/mol. The molecule has 0 amide bonds. The van der Waals surface area contributed by atoms with E-state index in [1.165, 1.54) is 0 Å². The summed E-state index contributed by atoms with van der Waals surface area (Å²) in [6.45, 7) is 5.12. The molecule has 1 saturated heterocycles. The Morgan fingerprint density at radius 1 is 1.32 bits per heavy atom. The smallest absolute Gasteiger partial charge is 0.212 e. The molecule has 0 spiro atoms. The fourth-order valence-corrected chi connectivity index (χ4v) is 2.65. The maximum absolute atomic E-state index is 5.78. The van der Waals surface area contributed by atoms with Crippen LogP contribution in [0.2, 0.25) is 0 Å². The van der Waals surface area contributed by atoms with Gasteiger partial charge in [-0.3, -0.25) is 0 Å². The molecular formula is C15H20N2O2. The van der Waals surface area contributed by atoms with Crippen LogP contribution >= 0.6 is 0 Å². The second-order valence-electron chi connectivity index (χ2n) is 5.25. The highest BCUT2D eigenvalue weighted by Gasteiger charge is 2.25. The molecule has 0 radical (unpaired) electrons. The topological polar surface area (TPSA) is 47.3 Å². The van der Waals surface area contributed by atoms with Crippen LogP contribution in [-0.4, -0.2) is 23.7 Å². The molecule has 102 valence electrons. The number of para-hydroxylation sites is 2. The molecule has 2 aromatic rings. The van der Waals surface area contributed by atoms with Crippen molar-refractivity contribution in [2.75, 3.05) is 6.61 Å². The molecule has 1 N–H and O–H groups in total. The highest BCUT2D eigenvalue weighted by Crippen LogP contribution is 2.22. The molecule has 1 aliphatic heterocycles. The van der Waals surface area contributed by atoms with E-state index in [1.807, 2.05) is 24.3 Å². The van der Waals surface area contributed by atoms with Gasteiger partial charge in [-0.05, 0) is 38.8 Å². The molecule has 0 bridgehead atoms. The molecule has 0 aliphatic carbocycles. The van der Waals surface area contributed by atoms with Gasteiger partial charge in [0.05, 0.1) is 12.1 Å². The first-order valence-corrected chi connectivity index (χ1v) is 6.97. The summed E-state index contributed by atoms with van der Waals surface area (Å²) in [5.74, 6) is 0.742. The molecule has 4 nitrogen and oxygen atoms in total. The Hall–Kier alpha value is -1.39. The van der Waals surface area contributed by atoms with Gasteiger partial charge in [-0.1, -0.05) is 12.1 Å². The SMILES string of the molecule is C[C@H](N[C@H](C)[C@@H]1CCCO1)c1nc2ccccc2o1. The largest absolute Gasteiger partial charge is 0.439 e. The summed E-state index contributed by atoms with van der Waals surface area (Å²) in [6.07, 6.45) is 2.61. The quantitative estimate of drug-likeness (QED) is 0.917. The molecule has 3 atom stereocenters. The van der Waals surface area contributed by atoms with Crippen molar-refractivity contribution >= 4 is 11.1 Å². The molecule has 1 aliphatic rings. The summed E-state index contributed by atoms with van der Waals surface area (Å²) in [5.41, 5.74) is 1.76. The number of oxazole rings is 1. The fraction of sp³-hybridized carbons (Fsp3) is 0.533. The average molecular weight is 260 g/mol. The number of hydrogen-bond acceptors (Lipinski definition) is 4. The number of nitrogens with zero attached hydrogens (tertiary/aromatic N) is 1. The number of benzene rings is 1.